The summed E-state index contributed by atoms with van der Waals surface area (Å²) in [5.74, 6) is 2.18. The van der Waals surface area contributed by atoms with Crippen LogP contribution in [0.1, 0.15) is 76.3 Å². The topological polar surface area (TPSA) is 66.8 Å². The van der Waals surface area contributed by atoms with Gasteiger partial charge in [-0.1, -0.05) is 20.8 Å². The Morgan fingerprint density at radius 3 is 2.78 bits per heavy atom. The van der Waals surface area contributed by atoms with Gasteiger partial charge in [0.2, 0.25) is 0 Å². The summed E-state index contributed by atoms with van der Waals surface area (Å²) in [6, 6.07) is 3.47. The molecule has 2 N–H and O–H groups in total. The van der Waals surface area contributed by atoms with Crippen LogP contribution < -0.4 is 4.74 Å². The van der Waals surface area contributed by atoms with Crippen molar-refractivity contribution in [2.45, 2.75) is 77.7 Å². The highest BCUT2D eigenvalue weighted by Crippen LogP contribution is 2.62. The third-order valence-corrected chi connectivity index (χ3v) is 7.52. The number of rotatable bonds is 3. The predicted octanol–water partition coefficient (Wildman–Crippen LogP) is 4.56. The zero-order chi connectivity index (χ0) is 19.3. The summed E-state index contributed by atoms with van der Waals surface area (Å²) in [6.45, 7) is 6.27. The minimum atomic E-state index is -0.225. The lowest BCUT2D eigenvalue weighted by atomic mass is 9.55. The van der Waals surface area contributed by atoms with Crippen molar-refractivity contribution in [3.63, 3.8) is 0 Å². The number of esters is 1. The first-order valence-electron chi connectivity index (χ1n) is 10.5. The average Bonchev–Trinajstić information content (AvgIpc) is 2.88. The molecule has 0 bridgehead atoms. The number of hydrogen-bond donors (Lipinski definition) is 2. The Labute approximate surface area is 161 Å². The van der Waals surface area contributed by atoms with Gasteiger partial charge in [-0.25, -0.2) is 0 Å². The van der Waals surface area contributed by atoms with Crippen LogP contribution in [-0.2, 0) is 11.2 Å². The summed E-state index contributed by atoms with van der Waals surface area (Å²) in [5.41, 5.74) is 2.31. The molecule has 4 nitrogen and oxygen atoms in total. The number of aliphatic hydroxyl groups excluding tert-OH is 1. The first-order valence-corrected chi connectivity index (χ1v) is 10.5. The lowest BCUT2D eigenvalue weighted by Crippen LogP contribution is -2.44. The van der Waals surface area contributed by atoms with Crippen molar-refractivity contribution in [3.05, 3.63) is 23.3 Å². The molecule has 5 atom stereocenters. The molecule has 0 spiro atoms. The zero-order valence-electron chi connectivity index (χ0n) is 16.7. The monoisotopic (exact) mass is 372 g/mol. The van der Waals surface area contributed by atoms with Crippen molar-refractivity contribution in [2.75, 3.05) is 0 Å². The summed E-state index contributed by atoms with van der Waals surface area (Å²) >= 11 is 0. The molecule has 2 saturated carbocycles. The van der Waals surface area contributed by atoms with E-state index in [9.17, 15) is 15.0 Å². The van der Waals surface area contributed by atoms with Gasteiger partial charge in [-0.05, 0) is 79.2 Å². The number of ether oxygens (including phenoxy) is 1. The van der Waals surface area contributed by atoms with Crippen molar-refractivity contribution in [1.29, 1.82) is 0 Å². The molecule has 148 valence electrons. The number of aryl methyl sites for hydroxylation is 1. The van der Waals surface area contributed by atoms with Crippen LogP contribution in [0.5, 0.6) is 11.5 Å². The van der Waals surface area contributed by atoms with Gasteiger partial charge >= 0.3 is 5.97 Å². The third-order valence-electron chi connectivity index (χ3n) is 7.52. The van der Waals surface area contributed by atoms with Crippen molar-refractivity contribution >= 4 is 5.97 Å². The van der Waals surface area contributed by atoms with Crippen molar-refractivity contribution in [3.8, 4) is 11.5 Å². The van der Waals surface area contributed by atoms with E-state index in [0.717, 1.165) is 49.7 Å². The minimum Gasteiger partial charge on any atom is -0.508 e. The number of carbonyl (C=O) groups excluding carboxylic acids is 1. The maximum atomic E-state index is 12.3. The maximum absolute atomic E-state index is 12.3. The Bertz CT molecular complexity index is 740. The molecule has 27 heavy (non-hydrogen) atoms. The molecule has 2 fully saturated rings. The van der Waals surface area contributed by atoms with E-state index in [2.05, 4.69) is 6.92 Å². The number of phenolic OH excluding ortho intramolecular Hbond substituents is 1. The molecule has 3 aliphatic rings. The third kappa shape index (κ3) is 3.16. The van der Waals surface area contributed by atoms with Crippen LogP contribution in [0.25, 0.3) is 0 Å². The highest BCUT2D eigenvalue weighted by Gasteiger charge is 2.54. The van der Waals surface area contributed by atoms with E-state index in [1.807, 2.05) is 19.9 Å². The van der Waals surface area contributed by atoms with Gasteiger partial charge in [0.1, 0.15) is 11.5 Å². The van der Waals surface area contributed by atoms with E-state index in [1.165, 1.54) is 0 Å². The number of hydrogen-bond acceptors (Lipinski definition) is 4. The molecule has 0 heterocycles. The molecule has 0 aromatic heterocycles. The van der Waals surface area contributed by atoms with Gasteiger partial charge in [0, 0.05) is 18.1 Å². The van der Waals surface area contributed by atoms with Crippen LogP contribution in [0.15, 0.2) is 12.1 Å². The van der Waals surface area contributed by atoms with Crippen molar-refractivity contribution in [2.24, 2.45) is 23.2 Å². The molecule has 0 aliphatic heterocycles. The van der Waals surface area contributed by atoms with E-state index in [4.69, 9.17) is 4.74 Å². The number of aliphatic hydroxyl groups is 1. The van der Waals surface area contributed by atoms with Gasteiger partial charge in [0.15, 0.2) is 0 Å². The van der Waals surface area contributed by atoms with E-state index >= 15 is 0 Å². The summed E-state index contributed by atoms with van der Waals surface area (Å²) in [7, 11) is 0. The highest BCUT2D eigenvalue weighted by molar-refractivity contribution is 5.73. The predicted molar refractivity (Wildman–Crippen MR) is 104 cm³/mol. The van der Waals surface area contributed by atoms with Crippen LogP contribution in [-0.4, -0.2) is 22.3 Å². The second-order valence-electron chi connectivity index (χ2n) is 9.64. The fraction of sp³-hybridized carbons (Fsp3) is 0.696. The van der Waals surface area contributed by atoms with E-state index in [-0.39, 0.29) is 29.2 Å². The first-order chi connectivity index (χ1) is 12.8. The Hall–Kier alpha value is -1.55. The Kier molecular flexibility index (Phi) is 4.74. The fourth-order valence-corrected chi connectivity index (χ4v) is 6.22. The van der Waals surface area contributed by atoms with Gasteiger partial charge in [-0.2, -0.15) is 0 Å². The molecular formula is C23H32O4. The Balaban J connectivity index is 1.68. The van der Waals surface area contributed by atoms with Crippen LogP contribution in [0.4, 0.5) is 0 Å². The van der Waals surface area contributed by atoms with Crippen molar-refractivity contribution < 1.29 is 19.7 Å². The SMILES string of the molecule is CC(C)CC(=O)Oc1cc(O)cc2c1[C@H]1CC[C@]3(C)[C@@H](O)CC[C@H]3[C@H]1CC2. The molecular weight excluding hydrogens is 340 g/mol. The Morgan fingerprint density at radius 1 is 1.26 bits per heavy atom. The fourth-order valence-electron chi connectivity index (χ4n) is 6.22. The summed E-state index contributed by atoms with van der Waals surface area (Å²) in [5, 5.41) is 20.7. The lowest BCUT2D eigenvalue weighted by molar-refractivity contribution is -0.135. The molecule has 0 amide bonds. The van der Waals surface area contributed by atoms with Gasteiger partial charge in [-0.3, -0.25) is 4.79 Å². The average molecular weight is 373 g/mol. The van der Waals surface area contributed by atoms with Gasteiger partial charge in [-0.15, -0.1) is 0 Å². The van der Waals surface area contributed by atoms with Gasteiger partial charge < -0.3 is 14.9 Å². The molecule has 0 saturated heterocycles. The summed E-state index contributed by atoms with van der Waals surface area (Å²) in [4.78, 5) is 12.3. The van der Waals surface area contributed by atoms with Crippen LogP contribution >= 0.6 is 0 Å². The maximum Gasteiger partial charge on any atom is 0.311 e. The normalized spacial score (nSPS) is 34.7. The van der Waals surface area contributed by atoms with Crippen LogP contribution in [0.2, 0.25) is 0 Å². The number of fused-ring (bicyclic) bond motifs is 5. The largest absolute Gasteiger partial charge is 0.508 e. The smallest absolute Gasteiger partial charge is 0.311 e. The quantitative estimate of drug-likeness (QED) is 0.603. The number of carbonyl (C=O) groups is 1. The second kappa shape index (κ2) is 6.80. The lowest BCUT2D eigenvalue weighted by Gasteiger charge is -2.50. The highest BCUT2D eigenvalue weighted by atomic mass is 16.5. The number of aromatic hydroxyl groups is 1. The zero-order valence-corrected chi connectivity index (χ0v) is 16.7. The summed E-state index contributed by atoms with van der Waals surface area (Å²) < 4.78 is 5.76. The van der Waals surface area contributed by atoms with Crippen LogP contribution in [0.3, 0.4) is 0 Å². The van der Waals surface area contributed by atoms with E-state index in [1.54, 1.807) is 6.07 Å². The number of benzene rings is 1. The standard InChI is InChI=1S/C23H32O4/c1-13(2)10-21(26)27-19-12-15(24)11-14-4-5-16-17(22(14)19)8-9-23(3)18(16)6-7-20(23)25/h11-13,16-18,20,24-25H,4-10H2,1-3H3/t16-,17-,18-,20-,23-/m0/s1. The molecule has 4 heteroatoms. The Morgan fingerprint density at radius 2 is 2.04 bits per heavy atom. The van der Waals surface area contributed by atoms with Crippen LogP contribution in [0, 0.1) is 23.2 Å². The van der Waals surface area contributed by atoms with Gasteiger partial charge in [0.25, 0.3) is 0 Å². The molecule has 0 unspecified atom stereocenters. The molecule has 1 aromatic carbocycles. The summed E-state index contributed by atoms with van der Waals surface area (Å²) in [6.07, 6.45) is 6.22. The second-order valence-corrected chi connectivity index (χ2v) is 9.64. The molecule has 1 aromatic rings. The molecule has 0 radical (unpaired) electrons. The van der Waals surface area contributed by atoms with E-state index < -0.39 is 0 Å². The van der Waals surface area contributed by atoms with Crippen molar-refractivity contribution in [1.82, 2.24) is 0 Å². The van der Waals surface area contributed by atoms with Gasteiger partial charge in [0.05, 0.1) is 6.10 Å². The number of phenols is 1. The molecule has 3 aliphatic carbocycles. The van der Waals surface area contributed by atoms with E-state index in [0.29, 0.717) is 29.9 Å². The molecule has 4 rings (SSSR count). The first kappa shape index (κ1) is 18.8. The minimum absolute atomic E-state index is 0.0318.